The number of phosphoric ester groups is 1. The quantitative estimate of drug-likeness (QED) is 0.0280. The molecule has 0 heterocycles. The Labute approximate surface area is 327 Å². The first-order valence-electron chi connectivity index (χ1n) is 21.5. The second-order valence-electron chi connectivity index (χ2n) is 15.7. The SMILES string of the molecule is CCCCC/C=C/CC/C=C/CC/C=C/C(O)C(COP(=O)([O-])OCC[N+](C)(C)C)NC(=O)CCCCCCC/C=C\CCCCCCCCCCC. The zero-order valence-corrected chi connectivity index (χ0v) is 35.8. The molecule has 0 bridgehead atoms. The Morgan fingerprint density at radius 1 is 0.642 bits per heavy atom. The molecule has 3 unspecified atom stereocenters. The largest absolute Gasteiger partial charge is 0.756 e. The minimum Gasteiger partial charge on any atom is -0.756 e. The van der Waals surface area contributed by atoms with E-state index in [-0.39, 0.29) is 12.5 Å². The number of nitrogens with one attached hydrogen (secondary N) is 1. The number of unbranched alkanes of at least 4 members (excludes halogenated alkanes) is 19. The van der Waals surface area contributed by atoms with Gasteiger partial charge in [-0.1, -0.05) is 146 Å². The van der Waals surface area contributed by atoms with Crippen LogP contribution in [0.15, 0.2) is 48.6 Å². The number of aliphatic hydroxyl groups is 1. The van der Waals surface area contributed by atoms with Crippen molar-refractivity contribution in [2.75, 3.05) is 40.9 Å². The van der Waals surface area contributed by atoms with Crippen molar-refractivity contribution in [3.8, 4) is 0 Å². The Hall–Kier alpha value is -1.54. The van der Waals surface area contributed by atoms with Crippen LogP contribution in [0.25, 0.3) is 0 Å². The molecule has 0 aliphatic heterocycles. The van der Waals surface area contributed by atoms with Gasteiger partial charge in [-0.2, -0.15) is 0 Å². The van der Waals surface area contributed by atoms with E-state index in [1.54, 1.807) is 6.08 Å². The summed E-state index contributed by atoms with van der Waals surface area (Å²) in [6.07, 6.45) is 44.4. The highest BCUT2D eigenvalue weighted by Crippen LogP contribution is 2.38. The van der Waals surface area contributed by atoms with Crippen LogP contribution in [0.1, 0.15) is 174 Å². The van der Waals surface area contributed by atoms with Crippen LogP contribution >= 0.6 is 7.82 Å². The summed E-state index contributed by atoms with van der Waals surface area (Å²) in [6.45, 7) is 4.56. The van der Waals surface area contributed by atoms with Crippen LogP contribution in [0.2, 0.25) is 0 Å². The average molecular weight is 767 g/mol. The predicted molar refractivity (Wildman–Crippen MR) is 224 cm³/mol. The van der Waals surface area contributed by atoms with Crippen LogP contribution in [0, 0.1) is 0 Å². The van der Waals surface area contributed by atoms with Crippen molar-refractivity contribution >= 4 is 13.7 Å². The first kappa shape index (κ1) is 51.5. The molecule has 0 rings (SSSR count). The lowest BCUT2D eigenvalue weighted by Crippen LogP contribution is -2.45. The monoisotopic (exact) mass is 767 g/mol. The lowest BCUT2D eigenvalue weighted by Gasteiger charge is -2.29. The maximum atomic E-state index is 12.8. The van der Waals surface area contributed by atoms with E-state index in [0.717, 1.165) is 70.6 Å². The number of phosphoric acid groups is 1. The molecule has 3 atom stereocenters. The lowest BCUT2D eigenvalue weighted by atomic mass is 10.1. The van der Waals surface area contributed by atoms with Crippen LogP contribution in [-0.4, -0.2) is 68.5 Å². The van der Waals surface area contributed by atoms with Crippen LogP contribution in [0.4, 0.5) is 0 Å². The van der Waals surface area contributed by atoms with E-state index >= 15 is 0 Å². The maximum Gasteiger partial charge on any atom is 0.268 e. The Morgan fingerprint density at radius 2 is 1.06 bits per heavy atom. The molecule has 0 saturated carbocycles. The summed E-state index contributed by atoms with van der Waals surface area (Å²) < 4.78 is 23.1. The van der Waals surface area contributed by atoms with Crippen molar-refractivity contribution in [1.29, 1.82) is 0 Å². The lowest BCUT2D eigenvalue weighted by molar-refractivity contribution is -0.870. The van der Waals surface area contributed by atoms with Gasteiger partial charge in [-0.25, -0.2) is 0 Å². The predicted octanol–water partition coefficient (Wildman–Crippen LogP) is 11.1. The Bertz CT molecular complexity index is 1010. The number of hydrogen-bond donors (Lipinski definition) is 2. The molecule has 0 saturated heterocycles. The molecule has 0 aromatic heterocycles. The number of nitrogens with zero attached hydrogens (tertiary/aromatic N) is 1. The molecule has 8 nitrogen and oxygen atoms in total. The maximum absolute atomic E-state index is 12.8. The van der Waals surface area contributed by atoms with Crippen LogP contribution in [-0.2, 0) is 18.4 Å². The minimum atomic E-state index is -4.60. The fraction of sp³-hybridized carbons (Fsp3) is 0.795. The molecule has 0 aromatic carbocycles. The Balaban J connectivity index is 4.50. The van der Waals surface area contributed by atoms with E-state index in [1.165, 1.54) is 83.5 Å². The molecule has 0 aromatic rings. The molecule has 0 fully saturated rings. The molecule has 1 amide bonds. The number of quaternary nitrogens is 1. The number of allylic oxidation sites excluding steroid dienone is 7. The Morgan fingerprint density at radius 3 is 1.57 bits per heavy atom. The van der Waals surface area contributed by atoms with Crippen LogP contribution in [0.5, 0.6) is 0 Å². The molecule has 2 N–H and O–H groups in total. The third kappa shape index (κ3) is 38.5. The first-order chi connectivity index (χ1) is 25.5. The number of amides is 1. The van der Waals surface area contributed by atoms with Gasteiger partial charge < -0.3 is 28.8 Å². The fourth-order valence-corrected chi connectivity index (χ4v) is 6.49. The third-order valence-corrected chi connectivity index (χ3v) is 10.2. The van der Waals surface area contributed by atoms with Crippen molar-refractivity contribution < 1.29 is 32.9 Å². The van der Waals surface area contributed by atoms with Gasteiger partial charge in [0.25, 0.3) is 7.82 Å². The first-order valence-corrected chi connectivity index (χ1v) is 23.0. The van der Waals surface area contributed by atoms with Crippen LogP contribution in [0.3, 0.4) is 0 Å². The summed E-state index contributed by atoms with van der Waals surface area (Å²) in [5.41, 5.74) is 0. The van der Waals surface area contributed by atoms with E-state index in [9.17, 15) is 19.4 Å². The summed E-state index contributed by atoms with van der Waals surface area (Å²) in [5.74, 6) is -0.223. The van der Waals surface area contributed by atoms with Gasteiger partial charge in [0.05, 0.1) is 39.9 Å². The molecule has 0 spiro atoms. The number of hydrogen-bond acceptors (Lipinski definition) is 6. The smallest absolute Gasteiger partial charge is 0.268 e. The minimum absolute atomic E-state index is 0.0117. The number of aliphatic hydroxyl groups excluding tert-OH is 1. The zero-order chi connectivity index (χ0) is 39.3. The van der Waals surface area contributed by atoms with Crippen molar-refractivity contribution in [3.63, 3.8) is 0 Å². The van der Waals surface area contributed by atoms with E-state index in [0.29, 0.717) is 17.4 Å². The number of carbonyl (C=O) groups is 1. The van der Waals surface area contributed by atoms with Gasteiger partial charge in [-0.15, -0.1) is 0 Å². The average Bonchev–Trinajstić information content (AvgIpc) is 3.10. The van der Waals surface area contributed by atoms with Gasteiger partial charge in [0, 0.05) is 6.42 Å². The molecular formula is C44H83N2O6P. The third-order valence-electron chi connectivity index (χ3n) is 9.24. The van der Waals surface area contributed by atoms with Gasteiger partial charge >= 0.3 is 0 Å². The Kier molecular flexibility index (Phi) is 35.1. The molecule has 53 heavy (non-hydrogen) atoms. The molecule has 0 aliphatic carbocycles. The van der Waals surface area contributed by atoms with Gasteiger partial charge in [0.15, 0.2) is 0 Å². The standard InChI is InChI=1S/C44H83N2O6P/c1-6-8-10-12-14-16-18-20-21-22-23-24-26-28-30-32-34-36-38-44(48)45-42(41-52-53(49,50)51-40-39-46(3,4)5)43(47)37-35-33-31-29-27-25-19-17-15-13-11-9-7-2/h15,17,23-24,27,29,35,37,42-43,47H,6-14,16,18-22,25-26,28,30-34,36,38-41H2,1-5H3,(H-,45,48,49,50)/b17-15+,24-23-,29-27+,37-35+. The summed E-state index contributed by atoms with van der Waals surface area (Å²) >= 11 is 0. The topological polar surface area (TPSA) is 108 Å². The van der Waals surface area contributed by atoms with Crippen molar-refractivity contribution in [2.24, 2.45) is 0 Å². The van der Waals surface area contributed by atoms with Crippen molar-refractivity contribution in [2.45, 2.75) is 187 Å². The summed E-state index contributed by atoms with van der Waals surface area (Å²) in [5, 5.41) is 13.7. The summed E-state index contributed by atoms with van der Waals surface area (Å²) in [7, 11) is 1.22. The summed E-state index contributed by atoms with van der Waals surface area (Å²) in [6, 6.07) is -0.912. The van der Waals surface area contributed by atoms with E-state index in [4.69, 9.17) is 9.05 Å². The molecular weight excluding hydrogens is 683 g/mol. The van der Waals surface area contributed by atoms with Gasteiger partial charge in [0.1, 0.15) is 13.2 Å². The van der Waals surface area contributed by atoms with E-state index < -0.39 is 26.6 Å². The highest BCUT2D eigenvalue weighted by Gasteiger charge is 2.23. The molecule has 9 heteroatoms. The normalized spacial score (nSPS) is 14.9. The fourth-order valence-electron chi connectivity index (χ4n) is 5.76. The zero-order valence-electron chi connectivity index (χ0n) is 35.0. The van der Waals surface area contributed by atoms with Gasteiger partial charge in [0.2, 0.25) is 5.91 Å². The molecule has 310 valence electrons. The number of likely N-dealkylation sites (N-methyl/N-ethyl adjacent to an activating group) is 1. The van der Waals surface area contributed by atoms with Crippen molar-refractivity contribution in [3.05, 3.63) is 48.6 Å². The van der Waals surface area contributed by atoms with Gasteiger partial charge in [-0.3, -0.25) is 9.36 Å². The van der Waals surface area contributed by atoms with E-state index in [1.807, 2.05) is 27.2 Å². The van der Waals surface area contributed by atoms with Crippen LogP contribution < -0.4 is 10.2 Å². The second kappa shape index (κ2) is 36.1. The number of rotatable bonds is 38. The van der Waals surface area contributed by atoms with Gasteiger partial charge in [-0.05, 0) is 70.6 Å². The molecule has 0 radical (unpaired) electrons. The second-order valence-corrected chi connectivity index (χ2v) is 17.1. The highest BCUT2D eigenvalue weighted by molar-refractivity contribution is 7.45. The van der Waals surface area contributed by atoms with E-state index in [2.05, 4.69) is 55.6 Å². The summed E-state index contributed by atoms with van der Waals surface area (Å²) in [4.78, 5) is 25.2. The number of carbonyl (C=O) groups excluding carboxylic acids is 1. The van der Waals surface area contributed by atoms with Crippen molar-refractivity contribution in [1.82, 2.24) is 5.32 Å². The molecule has 0 aliphatic rings. The highest BCUT2D eigenvalue weighted by atomic mass is 31.2.